The van der Waals surface area contributed by atoms with Crippen LogP contribution in [0.15, 0.2) is 18.2 Å². The number of hydrogen-bond donors (Lipinski definition) is 2. The summed E-state index contributed by atoms with van der Waals surface area (Å²) < 4.78 is 0. The van der Waals surface area contributed by atoms with Gasteiger partial charge in [-0.1, -0.05) is 18.5 Å². The van der Waals surface area contributed by atoms with Crippen LogP contribution in [0.5, 0.6) is 0 Å². The summed E-state index contributed by atoms with van der Waals surface area (Å²) in [4.78, 5) is 12.1. The lowest BCUT2D eigenvalue weighted by Crippen LogP contribution is -2.23. The zero-order valence-electron chi connectivity index (χ0n) is 11.0. The number of carbonyl (C=O) groups is 1. The van der Waals surface area contributed by atoms with E-state index in [1.54, 1.807) is 6.07 Å². The van der Waals surface area contributed by atoms with Crippen LogP contribution in [-0.4, -0.2) is 12.5 Å². The largest absolute Gasteiger partial charge is 0.330 e. The maximum atomic E-state index is 12.1. The van der Waals surface area contributed by atoms with Crippen molar-refractivity contribution in [2.45, 2.75) is 33.1 Å². The molecule has 0 saturated heterocycles. The normalized spacial score (nSPS) is 12.2. The number of carbonyl (C=O) groups excluding carboxylic acids is 1. The molecule has 1 unspecified atom stereocenters. The minimum atomic E-state index is 0.0311. The molecule has 0 aliphatic carbocycles. The first-order valence-corrected chi connectivity index (χ1v) is 6.73. The van der Waals surface area contributed by atoms with E-state index in [-0.39, 0.29) is 11.8 Å². The van der Waals surface area contributed by atoms with Gasteiger partial charge in [-0.25, -0.2) is 0 Å². The second-order valence-corrected chi connectivity index (χ2v) is 4.92. The molecule has 4 heteroatoms. The van der Waals surface area contributed by atoms with Gasteiger partial charge >= 0.3 is 0 Å². The van der Waals surface area contributed by atoms with Gasteiger partial charge in [0.25, 0.3) is 0 Å². The Hall–Kier alpha value is -1.06. The second kappa shape index (κ2) is 7.39. The fourth-order valence-corrected chi connectivity index (χ4v) is 2.11. The third-order valence-corrected chi connectivity index (χ3v) is 3.30. The summed E-state index contributed by atoms with van der Waals surface area (Å²) in [5.41, 5.74) is 7.28. The van der Waals surface area contributed by atoms with Gasteiger partial charge in [0.1, 0.15) is 0 Å². The molecule has 0 fully saturated rings. The Kier molecular flexibility index (Phi) is 6.16. The van der Waals surface area contributed by atoms with Crippen LogP contribution in [0.1, 0.15) is 31.7 Å². The van der Waals surface area contributed by atoms with Crippen molar-refractivity contribution in [1.82, 2.24) is 0 Å². The number of amides is 1. The highest BCUT2D eigenvalue weighted by Crippen LogP contribution is 2.21. The van der Waals surface area contributed by atoms with E-state index in [0.717, 1.165) is 30.5 Å². The summed E-state index contributed by atoms with van der Waals surface area (Å²) in [7, 11) is 0. The van der Waals surface area contributed by atoms with Crippen molar-refractivity contribution in [1.29, 1.82) is 0 Å². The number of anilines is 1. The molecule has 0 aliphatic rings. The number of rotatable bonds is 6. The Labute approximate surface area is 114 Å². The molecule has 0 aromatic heterocycles. The molecule has 3 N–H and O–H groups in total. The molecule has 0 spiro atoms. The molecular formula is C14H21ClN2O. The van der Waals surface area contributed by atoms with E-state index in [9.17, 15) is 4.79 Å². The molecule has 1 aromatic carbocycles. The van der Waals surface area contributed by atoms with E-state index in [1.807, 2.05) is 26.0 Å². The second-order valence-electron chi connectivity index (χ2n) is 4.48. The Morgan fingerprint density at radius 1 is 1.50 bits per heavy atom. The first-order valence-electron chi connectivity index (χ1n) is 6.35. The highest BCUT2D eigenvalue weighted by molar-refractivity contribution is 6.30. The van der Waals surface area contributed by atoms with Crippen molar-refractivity contribution >= 4 is 23.2 Å². The molecule has 1 amide bonds. The number of aryl methyl sites for hydroxylation is 1. The van der Waals surface area contributed by atoms with Crippen LogP contribution in [0.2, 0.25) is 5.02 Å². The predicted molar refractivity (Wildman–Crippen MR) is 76.9 cm³/mol. The third-order valence-electron chi connectivity index (χ3n) is 3.07. The van der Waals surface area contributed by atoms with Crippen LogP contribution in [0.3, 0.4) is 0 Å². The first-order chi connectivity index (χ1) is 8.58. The zero-order valence-corrected chi connectivity index (χ0v) is 11.8. The maximum Gasteiger partial charge on any atom is 0.227 e. The number of benzene rings is 1. The molecule has 0 heterocycles. The molecule has 0 bridgehead atoms. The number of nitrogens with one attached hydrogen (secondary N) is 1. The van der Waals surface area contributed by atoms with E-state index in [1.165, 1.54) is 0 Å². The van der Waals surface area contributed by atoms with Gasteiger partial charge in [0.15, 0.2) is 0 Å². The van der Waals surface area contributed by atoms with E-state index in [4.69, 9.17) is 17.3 Å². The molecule has 1 rings (SSSR count). The average molecular weight is 269 g/mol. The van der Waals surface area contributed by atoms with Gasteiger partial charge in [-0.2, -0.15) is 0 Å². The Balaban J connectivity index is 2.67. The van der Waals surface area contributed by atoms with Gasteiger partial charge < -0.3 is 11.1 Å². The van der Waals surface area contributed by atoms with Crippen LogP contribution in [-0.2, 0) is 4.79 Å². The molecule has 1 aromatic rings. The summed E-state index contributed by atoms with van der Waals surface area (Å²) in [6, 6.07) is 5.47. The number of nitrogens with two attached hydrogens (primary N) is 1. The highest BCUT2D eigenvalue weighted by Gasteiger charge is 2.16. The van der Waals surface area contributed by atoms with Crippen molar-refractivity contribution in [2.24, 2.45) is 11.7 Å². The van der Waals surface area contributed by atoms with Gasteiger partial charge in [-0.3, -0.25) is 4.79 Å². The van der Waals surface area contributed by atoms with Gasteiger partial charge in [-0.15, -0.1) is 0 Å². The smallest absolute Gasteiger partial charge is 0.227 e. The molecule has 3 nitrogen and oxygen atoms in total. The van der Waals surface area contributed by atoms with Gasteiger partial charge in [-0.05, 0) is 56.5 Å². The minimum absolute atomic E-state index is 0.0311. The number of hydrogen-bond acceptors (Lipinski definition) is 2. The van der Waals surface area contributed by atoms with Gasteiger partial charge in [0.2, 0.25) is 5.91 Å². The van der Waals surface area contributed by atoms with Crippen LogP contribution in [0, 0.1) is 12.8 Å². The first kappa shape index (κ1) is 15.0. The lowest BCUT2D eigenvalue weighted by molar-refractivity contribution is -0.120. The van der Waals surface area contributed by atoms with Gasteiger partial charge in [0.05, 0.1) is 0 Å². The standard InChI is InChI=1S/C14H21ClN2O/c1-3-11(5-4-8-16)14(18)17-13-7-6-12(15)9-10(13)2/h6-7,9,11H,3-5,8,16H2,1-2H3,(H,17,18). The summed E-state index contributed by atoms with van der Waals surface area (Å²) >= 11 is 5.89. The molecular weight excluding hydrogens is 248 g/mol. The quantitative estimate of drug-likeness (QED) is 0.831. The van der Waals surface area contributed by atoms with Crippen molar-refractivity contribution < 1.29 is 4.79 Å². The minimum Gasteiger partial charge on any atom is -0.330 e. The lowest BCUT2D eigenvalue weighted by Gasteiger charge is -2.15. The fourth-order valence-electron chi connectivity index (χ4n) is 1.89. The van der Waals surface area contributed by atoms with Crippen molar-refractivity contribution in [3.05, 3.63) is 28.8 Å². The van der Waals surface area contributed by atoms with E-state index < -0.39 is 0 Å². The van der Waals surface area contributed by atoms with E-state index in [0.29, 0.717) is 11.6 Å². The third kappa shape index (κ3) is 4.31. The SMILES string of the molecule is CCC(CCCN)C(=O)Nc1ccc(Cl)cc1C. The van der Waals surface area contributed by atoms with Gasteiger partial charge in [0, 0.05) is 16.6 Å². The fraction of sp³-hybridized carbons (Fsp3) is 0.500. The van der Waals surface area contributed by atoms with Crippen LogP contribution in [0.4, 0.5) is 5.69 Å². The molecule has 0 aliphatic heterocycles. The average Bonchev–Trinajstić information content (AvgIpc) is 2.34. The monoisotopic (exact) mass is 268 g/mol. The van der Waals surface area contributed by atoms with Crippen LogP contribution >= 0.6 is 11.6 Å². The van der Waals surface area contributed by atoms with Crippen molar-refractivity contribution in [2.75, 3.05) is 11.9 Å². The summed E-state index contributed by atoms with van der Waals surface area (Å²) in [6.07, 6.45) is 2.55. The molecule has 18 heavy (non-hydrogen) atoms. The van der Waals surface area contributed by atoms with Crippen molar-refractivity contribution in [3.8, 4) is 0 Å². The Bertz CT molecular complexity index is 407. The zero-order chi connectivity index (χ0) is 13.5. The Morgan fingerprint density at radius 3 is 2.78 bits per heavy atom. The predicted octanol–water partition coefficient (Wildman–Crippen LogP) is 3.35. The molecule has 0 saturated carbocycles. The van der Waals surface area contributed by atoms with Crippen LogP contribution in [0.25, 0.3) is 0 Å². The summed E-state index contributed by atoms with van der Waals surface area (Å²) in [6.45, 7) is 4.58. The Morgan fingerprint density at radius 2 is 2.22 bits per heavy atom. The highest BCUT2D eigenvalue weighted by atomic mass is 35.5. The van der Waals surface area contributed by atoms with E-state index >= 15 is 0 Å². The summed E-state index contributed by atoms with van der Waals surface area (Å²) in [5.74, 6) is 0.0972. The lowest BCUT2D eigenvalue weighted by atomic mass is 9.99. The van der Waals surface area contributed by atoms with E-state index in [2.05, 4.69) is 5.32 Å². The maximum absolute atomic E-state index is 12.1. The van der Waals surface area contributed by atoms with Crippen molar-refractivity contribution in [3.63, 3.8) is 0 Å². The summed E-state index contributed by atoms with van der Waals surface area (Å²) in [5, 5.41) is 3.64. The topological polar surface area (TPSA) is 55.1 Å². The molecule has 100 valence electrons. The molecule has 0 radical (unpaired) electrons. The number of halogens is 1. The molecule has 1 atom stereocenters. The van der Waals surface area contributed by atoms with Crippen LogP contribution < -0.4 is 11.1 Å².